The number of nitriles is 1. The van der Waals surface area contributed by atoms with Gasteiger partial charge in [-0.15, -0.1) is 0 Å². The van der Waals surface area contributed by atoms with Crippen molar-refractivity contribution in [1.29, 1.82) is 5.26 Å². The Morgan fingerprint density at radius 2 is 1.95 bits per heavy atom. The van der Waals surface area contributed by atoms with Crippen molar-refractivity contribution in [3.05, 3.63) is 52.6 Å². The summed E-state index contributed by atoms with van der Waals surface area (Å²) in [5.41, 5.74) is 1.76. The molecule has 0 saturated carbocycles. The van der Waals surface area contributed by atoms with Gasteiger partial charge in [-0.1, -0.05) is 11.6 Å². The molecule has 0 saturated heterocycles. The first-order chi connectivity index (χ1) is 10.0. The number of fused-ring (bicyclic) bond motifs is 1. The lowest BCUT2D eigenvalue weighted by molar-refractivity contribution is 0.602. The van der Waals surface area contributed by atoms with Crippen molar-refractivity contribution in [2.45, 2.75) is 0 Å². The van der Waals surface area contributed by atoms with Gasteiger partial charge in [0.15, 0.2) is 0 Å². The third-order valence-electron chi connectivity index (χ3n) is 3.26. The summed E-state index contributed by atoms with van der Waals surface area (Å²) >= 11 is 5.55. The van der Waals surface area contributed by atoms with Crippen molar-refractivity contribution in [3.63, 3.8) is 0 Å². The Kier molecular flexibility index (Phi) is 3.11. The normalized spacial score (nSPS) is 10.8. The Morgan fingerprint density at radius 1 is 1.19 bits per heavy atom. The predicted octanol–water partition coefficient (Wildman–Crippen LogP) is 4.04. The lowest BCUT2D eigenvalue weighted by Gasteiger charge is -2.05. The Labute approximate surface area is 124 Å². The summed E-state index contributed by atoms with van der Waals surface area (Å²) in [5.74, 6) is -1.09. The van der Waals surface area contributed by atoms with E-state index in [0.717, 1.165) is 12.1 Å². The van der Waals surface area contributed by atoms with E-state index in [4.69, 9.17) is 16.9 Å². The van der Waals surface area contributed by atoms with Gasteiger partial charge in [0, 0.05) is 7.05 Å². The highest BCUT2D eigenvalue weighted by Gasteiger charge is 2.16. The number of imidazole rings is 1. The molecule has 2 aromatic carbocycles. The Hall–Kier alpha value is -2.45. The average molecular weight is 304 g/mol. The number of aryl methyl sites for hydroxylation is 1. The summed E-state index contributed by atoms with van der Waals surface area (Å²) in [7, 11) is 1.68. The smallest absolute Gasteiger partial charge is 0.143 e. The van der Waals surface area contributed by atoms with Crippen LogP contribution in [0.1, 0.15) is 5.56 Å². The molecule has 0 radical (unpaired) electrons. The first-order valence-corrected chi connectivity index (χ1v) is 6.40. The first-order valence-electron chi connectivity index (χ1n) is 6.02. The highest BCUT2D eigenvalue weighted by Crippen LogP contribution is 2.29. The fourth-order valence-electron chi connectivity index (χ4n) is 2.19. The summed E-state index contributed by atoms with van der Waals surface area (Å²) < 4.78 is 29.2. The van der Waals surface area contributed by atoms with Crippen LogP contribution in [0.25, 0.3) is 22.4 Å². The molecule has 0 unspecified atom stereocenters. The van der Waals surface area contributed by atoms with Crippen molar-refractivity contribution in [1.82, 2.24) is 9.55 Å². The summed E-state index contributed by atoms with van der Waals surface area (Å²) in [6.07, 6.45) is 0. The van der Waals surface area contributed by atoms with Crippen molar-refractivity contribution in [3.8, 4) is 17.5 Å². The minimum absolute atomic E-state index is 0.0223. The molecule has 104 valence electrons. The van der Waals surface area contributed by atoms with Crippen LogP contribution in [0.5, 0.6) is 0 Å². The quantitative estimate of drug-likeness (QED) is 0.637. The van der Waals surface area contributed by atoms with E-state index in [1.54, 1.807) is 29.8 Å². The molecule has 0 fully saturated rings. The lowest BCUT2D eigenvalue weighted by Crippen LogP contribution is -1.96. The second-order valence-corrected chi connectivity index (χ2v) is 4.96. The van der Waals surface area contributed by atoms with Gasteiger partial charge in [-0.05, 0) is 30.3 Å². The molecule has 0 aliphatic rings. The zero-order chi connectivity index (χ0) is 15.1. The molecule has 0 aliphatic carbocycles. The molecule has 3 aromatic rings. The van der Waals surface area contributed by atoms with Gasteiger partial charge in [-0.25, -0.2) is 13.8 Å². The van der Waals surface area contributed by atoms with Gasteiger partial charge in [-0.3, -0.25) is 0 Å². The van der Waals surface area contributed by atoms with Gasteiger partial charge >= 0.3 is 0 Å². The van der Waals surface area contributed by atoms with Gasteiger partial charge in [0.05, 0.1) is 33.3 Å². The topological polar surface area (TPSA) is 41.6 Å². The molecule has 1 aromatic heterocycles. The number of aromatic nitrogens is 2. The monoisotopic (exact) mass is 303 g/mol. The molecule has 0 atom stereocenters. The maximum Gasteiger partial charge on any atom is 0.143 e. The molecule has 0 amide bonds. The van der Waals surface area contributed by atoms with E-state index in [9.17, 15) is 8.78 Å². The van der Waals surface area contributed by atoms with E-state index in [1.165, 1.54) is 0 Å². The molecule has 3 nitrogen and oxygen atoms in total. The largest absolute Gasteiger partial charge is 0.327 e. The molecule has 3 rings (SSSR count). The van der Waals surface area contributed by atoms with Crippen LogP contribution in [-0.2, 0) is 7.05 Å². The van der Waals surface area contributed by atoms with E-state index < -0.39 is 11.6 Å². The standard InChI is InChI=1S/C15H8ClF2N3/c1-21-14-4-8(7-19)2-3-13(14)20-15(21)9-5-12(18)10(16)6-11(9)17/h2-6H,1H3. The molecular weight excluding hydrogens is 296 g/mol. The van der Waals surface area contributed by atoms with Crippen molar-refractivity contribution < 1.29 is 8.78 Å². The van der Waals surface area contributed by atoms with Crippen LogP contribution in [0.4, 0.5) is 8.78 Å². The minimum atomic E-state index is -0.710. The molecule has 0 spiro atoms. The summed E-state index contributed by atoms with van der Waals surface area (Å²) in [6.45, 7) is 0. The van der Waals surface area contributed by atoms with Gasteiger partial charge in [0.1, 0.15) is 17.5 Å². The number of hydrogen-bond donors (Lipinski definition) is 0. The van der Waals surface area contributed by atoms with Crippen molar-refractivity contribution >= 4 is 22.6 Å². The lowest BCUT2D eigenvalue weighted by atomic mass is 10.2. The van der Waals surface area contributed by atoms with Crippen LogP contribution in [0.3, 0.4) is 0 Å². The molecule has 0 N–H and O–H groups in total. The maximum absolute atomic E-state index is 14.0. The Morgan fingerprint density at radius 3 is 2.67 bits per heavy atom. The van der Waals surface area contributed by atoms with Gasteiger partial charge in [0.2, 0.25) is 0 Å². The Balaban J connectivity index is 2.29. The summed E-state index contributed by atoms with van der Waals surface area (Å²) in [4.78, 5) is 4.29. The number of rotatable bonds is 1. The highest BCUT2D eigenvalue weighted by atomic mass is 35.5. The van der Waals surface area contributed by atoms with Gasteiger partial charge < -0.3 is 4.57 Å². The van der Waals surface area contributed by atoms with Crippen LogP contribution in [0.15, 0.2) is 30.3 Å². The SMILES string of the molecule is Cn1c(-c2cc(F)c(Cl)cc2F)nc2ccc(C#N)cc21. The zero-order valence-electron chi connectivity index (χ0n) is 10.9. The predicted molar refractivity (Wildman–Crippen MR) is 75.8 cm³/mol. The van der Waals surface area contributed by atoms with Gasteiger partial charge in [0.25, 0.3) is 0 Å². The van der Waals surface area contributed by atoms with E-state index in [2.05, 4.69) is 4.98 Å². The molecule has 0 aliphatic heterocycles. The van der Waals surface area contributed by atoms with Crippen LogP contribution in [-0.4, -0.2) is 9.55 Å². The van der Waals surface area contributed by atoms with E-state index in [1.807, 2.05) is 6.07 Å². The van der Waals surface area contributed by atoms with Crippen molar-refractivity contribution in [2.24, 2.45) is 7.05 Å². The summed E-state index contributed by atoms with van der Waals surface area (Å²) in [5, 5.41) is 8.64. The summed E-state index contributed by atoms with van der Waals surface area (Å²) in [6, 6.07) is 8.91. The Bertz CT molecular complexity index is 909. The maximum atomic E-state index is 14.0. The number of halogens is 3. The number of benzene rings is 2. The molecular formula is C15H8ClF2N3. The van der Waals surface area contributed by atoms with Crippen LogP contribution >= 0.6 is 11.6 Å². The molecule has 0 bridgehead atoms. The highest BCUT2D eigenvalue weighted by molar-refractivity contribution is 6.30. The second kappa shape index (κ2) is 4.83. The number of nitrogens with zero attached hydrogens (tertiary/aromatic N) is 3. The van der Waals surface area contributed by atoms with E-state index >= 15 is 0 Å². The molecule has 1 heterocycles. The van der Waals surface area contributed by atoms with Crippen molar-refractivity contribution in [2.75, 3.05) is 0 Å². The third-order valence-corrected chi connectivity index (χ3v) is 3.55. The molecule has 6 heteroatoms. The fraction of sp³-hybridized carbons (Fsp3) is 0.0667. The van der Waals surface area contributed by atoms with Crippen LogP contribution in [0.2, 0.25) is 5.02 Å². The zero-order valence-corrected chi connectivity index (χ0v) is 11.6. The van der Waals surface area contributed by atoms with Gasteiger partial charge in [-0.2, -0.15) is 5.26 Å². The van der Waals surface area contributed by atoms with Crippen LogP contribution in [0, 0.1) is 23.0 Å². The van der Waals surface area contributed by atoms with E-state index in [-0.39, 0.29) is 16.4 Å². The minimum Gasteiger partial charge on any atom is -0.327 e. The molecule has 21 heavy (non-hydrogen) atoms. The average Bonchev–Trinajstić information content (AvgIpc) is 2.79. The number of hydrogen-bond acceptors (Lipinski definition) is 2. The fourth-order valence-corrected chi connectivity index (χ4v) is 2.34. The second-order valence-electron chi connectivity index (χ2n) is 4.56. The van der Waals surface area contributed by atoms with Crippen LogP contribution < -0.4 is 0 Å². The third kappa shape index (κ3) is 2.14. The first kappa shape index (κ1) is 13.5. The van der Waals surface area contributed by atoms with E-state index in [0.29, 0.717) is 16.6 Å².